The summed E-state index contributed by atoms with van der Waals surface area (Å²) in [6.07, 6.45) is 2.86. The molecule has 0 atom stereocenters. The molecule has 0 aliphatic heterocycles. The molecule has 124 valence electrons. The van der Waals surface area contributed by atoms with Crippen molar-refractivity contribution in [1.29, 1.82) is 0 Å². The van der Waals surface area contributed by atoms with Crippen molar-refractivity contribution in [2.45, 2.75) is 26.3 Å². The van der Waals surface area contributed by atoms with Gasteiger partial charge in [-0.2, -0.15) is 5.10 Å². The van der Waals surface area contributed by atoms with Crippen molar-refractivity contribution < 1.29 is 4.79 Å². The summed E-state index contributed by atoms with van der Waals surface area (Å²) in [7, 11) is 0. The van der Waals surface area contributed by atoms with Gasteiger partial charge in [0.05, 0.1) is 29.9 Å². The Kier molecular flexibility index (Phi) is 5.42. The van der Waals surface area contributed by atoms with Crippen LogP contribution in [0.25, 0.3) is 0 Å². The third kappa shape index (κ3) is 4.30. The number of anilines is 1. The molecule has 0 saturated carbocycles. The predicted octanol–water partition coefficient (Wildman–Crippen LogP) is 3.89. The minimum atomic E-state index is -0.0829. The van der Waals surface area contributed by atoms with Gasteiger partial charge < -0.3 is 5.32 Å². The van der Waals surface area contributed by atoms with Crippen molar-refractivity contribution in [3.05, 3.63) is 62.6 Å². The maximum atomic E-state index is 12.2. The van der Waals surface area contributed by atoms with Crippen LogP contribution >= 0.6 is 27.3 Å². The topological polar surface area (TPSA) is 59.8 Å². The molecule has 2 aromatic heterocycles. The summed E-state index contributed by atoms with van der Waals surface area (Å²) in [5.74, 6) is 0.606. The lowest BCUT2D eigenvalue weighted by Crippen LogP contribution is -2.18. The first-order valence-corrected chi connectivity index (χ1v) is 9.30. The van der Waals surface area contributed by atoms with Crippen molar-refractivity contribution in [3.63, 3.8) is 0 Å². The van der Waals surface area contributed by atoms with Gasteiger partial charge in [0.25, 0.3) is 0 Å². The number of carbonyl (C=O) groups excluding carboxylic acids is 1. The van der Waals surface area contributed by atoms with Crippen LogP contribution in [0.5, 0.6) is 0 Å². The van der Waals surface area contributed by atoms with Crippen LogP contribution in [-0.4, -0.2) is 20.7 Å². The highest BCUT2D eigenvalue weighted by Crippen LogP contribution is 2.15. The number of hydrogen-bond acceptors (Lipinski definition) is 4. The molecular formula is C17H17BrN4OS. The molecule has 0 aliphatic carbocycles. The maximum Gasteiger partial charge on any atom is 0.231 e. The number of hydrogen-bond donors (Lipinski definition) is 1. The Morgan fingerprint density at radius 2 is 2.08 bits per heavy atom. The Bertz CT molecular complexity index is 825. The number of amides is 1. The number of aromatic nitrogens is 3. The summed E-state index contributed by atoms with van der Waals surface area (Å²) in [6.45, 7) is 2.66. The second-order valence-corrected chi connectivity index (χ2v) is 7.17. The van der Waals surface area contributed by atoms with E-state index in [0.717, 1.165) is 27.2 Å². The van der Waals surface area contributed by atoms with Gasteiger partial charge in [-0.1, -0.05) is 35.0 Å². The largest absolute Gasteiger partial charge is 0.311 e. The smallest absolute Gasteiger partial charge is 0.231 e. The van der Waals surface area contributed by atoms with Crippen molar-refractivity contribution in [3.8, 4) is 0 Å². The van der Waals surface area contributed by atoms with Crippen LogP contribution < -0.4 is 5.32 Å². The average molecular weight is 405 g/mol. The van der Waals surface area contributed by atoms with Gasteiger partial charge in [0, 0.05) is 15.9 Å². The summed E-state index contributed by atoms with van der Waals surface area (Å²) >= 11 is 5.02. The van der Waals surface area contributed by atoms with Gasteiger partial charge in [-0.15, -0.1) is 11.3 Å². The van der Waals surface area contributed by atoms with Crippen LogP contribution in [0.1, 0.15) is 23.2 Å². The molecule has 0 unspecified atom stereocenters. The molecule has 3 aromatic rings. The van der Waals surface area contributed by atoms with Crippen molar-refractivity contribution >= 4 is 39.0 Å². The summed E-state index contributed by atoms with van der Waals surface area (Å²) < 4.78 is 2.81. The Morgan fingerprint density at radius 3 is 2.79 bits per heavy atom. The highest BCUT2D eigenvalue weighted by molar-refractivity contribution is 9.10. The predicted molar refractivity (Wildman–Crippen MR) is 99.3 cm³/mol. The zero-order valence-electron chi connectivity index (χ0n) is 13.2. The summed E-state index contributed by atoms with van der Waals surface area (Å²) in [6, 6.07) is 9.84. The fraction of sp³-hybridized carbons (Fsp3) is 0.235. The van der Waals surface area contributed by atoms with Crippen LogP contribution in [-0.2, 0) is 24.2 Å². The summed E-state index contributed by atoms with van der Waals surface area (Å²) in [5, 5.41) is 10.2. The van der Waals surface area contributed by atoms with E-state index in [-0.39, 0.29) is 12.3 Å². The number of rotatable bonds is 6. The van der Waals surface area contributed by atoms with Gasteiger partial charge >= 0.3 is 0 Å². The van der Waals surface area contributed by atoms with Crippen molar-refractivity contribution in [2.75, 3.05) is 5.32 Å². The van der Waals surface area contributed by atoms with E-state index in [2.05, 4.69) is 38.3 Å². The molecule has 0 radical (unpaired) electrons. The molecule has 0 aliphatic rings. The van der Waals surface area contributed by atoms with Crippen LogP contribution in [0.2, 0.25) is 0 Å². The number of aryl methyl sites for hydroxylation is 1. The van der Waals surface area contributed by atoms with E-state index < -0.39 is 0 Å². The number of nitrogens with one attached hydrogen (secondary N) is 1. The molecule has 0 saturated heterocycles. The minimum Gasteiger partial charge on any atom is -0.311 e. The molecular weight excluding hydrogens is 388 g/mol. The van der Waals surface area contributed by atoms with Crippen LogP contribution in [0.3, 0.4) is 0 Å². The zero-order valence-corrected chi connectivity index (χ0v) is 15.6. The standard InChI is InChI=1S/C17H17BrN4OS/c1-2-17-20-14(11-24-17)9-16(23)21-15-7-8-19-22(15)10-12-3-5-13(18)6-4-12/h3-8,11H,2,9-10H2,1H3,(H,21,23). The highest BCUT2D eigenvalue weighted by Gasteiger charge is 2.10. The molecule has 7 heteroatoms. The van der Waals surface area contributed by atoms with Gasteiger partial charge in [-0.3, -0.25) is 4.79 Å². The van der Waals surface area contributed by atoms with Crippen LogP contribution in [0.4, 0.5) is 5.82 Å². The number of thiazole rings is 1. The van der Waals surface area contributed by atoms with Gasteiger partial charge in [-0.05, 0) is 24.1 Å². The Labute approximate surface area is 152 Å². The molecule has 5 nitrogen and oxygen atoms in total. The van der Waals surface area contributed by atoms with Gasteiger partial charge in [-0.25, -0.2) is 9.67 Å². The highest BCUT2D eigenvalue weighted by atomic mass is 79.9. The number of carbonyl (C=O) groups is 1. The van der Waals surface area contributed by atoms with Crippen LogP contribution in [0, 0.1) is 0 Å². The normalized spacial score (nSPS) is 10.8. The lowest BCUT2D eigenvalue weighted by molar-refractivity contribution is -0.115. The third-order valence-corrected chi connectivity index (χ3v) is 5.04. The monoisotopic (exact) mass is 404 g/mol. The quantitative estimate of drug-likeness (QED) is 0.677. The van der Waals surface area contributed by atoms with Gasteiger partial charge in [0.1, 0.15) is 5.82 Å². The van der Waals surface area contributed by atoms with E-state index in [4.69, 9.17) is 0 Å². The lowest BCUT2D eigenvalue weighted by Gasteiger charge is -2.09. The van der Waals surface area contributed by atoms with Crippen LogP contribution in [0.15, 0.2) is 46.4 Å². The van der Waals surface area contributed by atoms with E-state index in [9.17, 15) is 4.79 Å². The fourth-order valence-electron chi connectivity index (χ4n) is 2.27. The Hall–Kier alpha value is -1.99. The molecule has 2 heterocycles. The lowest BCUT2D eigenvalue weighted by atomic mass is 10.2. The number of benzene rings is 1. The molecule has 0 fully saturated rings. The second-order valence-electron chi connectivity index (χ2n) is 5.31. The SMILES string of the molecule is CCc1nc(CC(=O)Nc2ccnn2Cc2ccc(Br)cc2)cs1. The first-order valence-electron chi connectivity index (χ1n) is 7.63. The van der Waals surface area contributed by atoms with E-state index >= 15 is 0 Å². The minimum absolute atomic E-state index is 0.0829. The molecule has 3 rings (SSSR count). The molecule has 1 N–H and O–H groups in total. The fourth-order valence-corrected chi connectivity index (χ4v) is 3.28. The van der Waals surface area contributed by atoms with E-state index in [0.29, 0.717) is 12.4 Å². The number of nitrogens with zero attached hydrogens (tertiary/aromatic N) is 3. The van der Waals surface area contributed by atoms with E-state index in [1.807, 2.05) is 29.6 Å². The number of halogens is 1. The summed E-state index contributed by atoms with van der Waals surface area (Å²) in [4.78, 5) is 16.7. The van der Waals surface area contributed by atoms with Crippen molar-refractivity contribution in [1.82, 2.24) is 14.8 Å². The first-order chi connectivity index (χ1) is 11.6. The Balaban J connectivity index is 1.64. The van der Waals surface area contributed by atoms with E-state index in [1.54, 1.807) is 28.3 Å². The molecule has 0 spiro atoms. The van der Waals surface area contributed by atoms with E-state index in [1.165, 1.54) is 0 Å². The van der Waals surface area contributed by atoms with Gasteiger partial charge in [0.2, 0.25) is 5.91 Å². The molecule has 24 heavy (non-hydrogen) atoms. The zero-order chi connectivity index (χ0) is 16.9. The molecule has 1 aromatic carbocycles. The van der Waals surface area contributed by atoms with Crippen molar-refractivity contribution in [2.24, 2.45) is 0 Å². The third-order valence-electron chi connectivity index (χ3n) is 3.47. The maximum absolute atomic E-state index is 12.2. The molecule has 0 bridgehead atoms. The average Bonchev–Trinajstić information content (AvgIpc) is 3.19. The Morgan fingerprint density at radius 1 is 1.29 bits per heavy atom. The first kappa shape index (κ1) is 16.9. The molecule has 1 amide bonds. The second kappa shape index (κ2) is 7.72. The summed E-state index contributed by atoms with van der Waals surface area (Å²) in [5.41, 5.74) is 1.93. The van der Waals surface area contributed by atoms with Gasteiger partial charge in [0.15, 0.2) is 0 Å².